The van der Waals surface area contributed by atoms with Crippen molar-refractivity contribution in [1.29, 1.82) is 0 Å². The fourth-order valence-corrected chi connectivity index (χ4v) is 6.09. The zero-order chi connectivity index (χ0) is 33.7. The minimum atomic E-state index is 0.952. The van der Waals surface area contributed by atoms with E-state index in [2.05, 4.69) is 172 Å². The lowest BCUT2D eigenvalue weighted by Gasteiger charge is -2.17. The molecule has 234 valence electrons. The molecular weight excluding hydrogens is 577 g/mol. The molecule has 0 radical (unpaired) electrons. The molecule has 0 saturated carbocycles. The van der Waals surface area contributed by atoms with E-state index in [0.29, 0.717) is 0 Å². The van der Waals surface area contributed by atoms with E-state index in [0.717, 1.165) is 49.4 Å². The molecule has 0 nitrogen and oxygen atoms in total. The molecular formula is C48H42. The van der Waals surface area contributed by atoms with Crippen LogP contribution < -0.4 is 10.4 Å². The van der Waals surface area contributed by atoms with Gasteiger partial charge in [-0.15, -0.1) is 0 Å². The van der Waals surface area contributed by atoms with Crippen LogP contribution in [0.2, 0.25) is 0 Å². The number of benzene rings is 5. The minimum absolute atomic E-state index is 0.952. The molecule has 0 heterocycles. The Morgan fingerprint density at radius 1 is 0.604 bits per heavy atom. The highest BCUT2D eigenvalue weighted by atomic mass is 14.2. The average molecular weight is 619 g/mol. The second kappa shape index (κ2) is 16.5. The van der Waals surface area contributed by atoms with Crippen molar-refractivity contribution in [2.24, 2.45) is 0 Å². The number of fused-ring (bicyclic) bond motifs is 1. The molecule has 0 amide bonds. The zero-order valence-corrected chi connectivity index (χ0v) is 27.9. The van der Waals surface area contributed by atoms with Gasteiger partial charge in [-0.05, 0) is 91.3 Å². The fraction of sp³-hybridized carbons (Fsp3) is 0.0417. The molecule has 0 heteroatoms. The second-order valence-corrected chi connectivity index (χ2v) is 11.3. The number of hydrogen-bond donors (Lipinski definition) is 0. The van der Waals surface area contributed by atoms with Gasteiger partial charge in [0, 0.05) is 0 Å². The Morgan fingerprint density at radius 3 is 1.96 bits per heavy atom. The quantitative estimate of drug-likeness (QED) is 0.129. The Hall–Kier alpha value is -5.98. The molecule has 0 atom stereocenters. The van der Waals surface area contributed by atoms with Crippen LogP contribution in [0.25, 0.3) is 39.1 Å². The SMILES string of the molecule is C=C/C=C/C=C\C(c1ccccc1)=c1\cccc\c1=C/C(=C\C)C(/C=C)=C(/C=C\C)C(=C)c1ccc(-c2ccccc2)c2ccccc12. The van der Waals surface area contributed by atoms with Crippen LogP contribution in [-0.4, -0.2) is 0 Å². The molecule has 0 saturated heterocycles. The summed E-state index contributed by atoms with van der Waals surface area (Å²) < 4.78 is 0. The number of hydrogen-bond acceptors (Lipinski definition) is 0. The van der Waals surface area contributed by atoms with Crippen LogP contribution in [0.15, 0.2) is 212 Å². The van der Waals surface area contributed by atoms with Gasteiger partial charge in [0.2, 0.25) is 0 Å². The molecule has 0 aromatic heterocycles. The van der Waals surface area contributed by atoms with Crippen molar-refractivity contribution in [2.45, 2.75) is 13.8 Å². The Balaban J connectivity index is 1.71. The van der Waals surface area contributed by atoms with Crippen LogP contribution in [0, 0.1) is 0 Å². The van der Waals surface area contributed by atoms with Crippen molar-refractivity contribution < 1.29 is 0 Å². The van der Waals surface area contributed by atoms with Gasteiger partial charge < -0.3 is 0 Å². The predicted octanol–water partition coefficient (Wildman–Crippen LogP) is 11.5. The molecule has 0 aliphatic rings. The Labute approximate surface area is 286 Å². The predicted molar refractivity (Wildman–Crippen MR) is 212 cm³/mol. The summed E-state index contributed by atoms with van der Waals surface area (Å²) in [5.74, 6) is 0. The molecule has 0 N–H and O–H groups in total. The zero-order valence-electron chi connectivity index (χ0n) is 27.9. The highest BCUT2D eigenvalue weighted by Gasteiger charge is 2.15. The van der Waals surface area contributed by atoms with E-state index in [1.165, 1.54) is 21.9 Å². The molecule has 48 heavy (non-hydrogen) atoms. The van der Waals surface area contributed by atoms with Crippen LogP contribution in [0.3, 0.4) is 0 Å². The lowest BCUT2D eigenvalue weighted by atomic mass is 9.86. The summed E-state index contributed by atoms with van der Waals surface area (Å²) in [7, 11) is 0. The molecule has 0 spiro atoms. The summed E-state index contributed by atoms with van der Waals surface area (Å²) in [6.07, 6.45) is 20.6. The normalized spacial score (nSPS) is 13.7. The van der Waals surface area contributed by atoms with E-state index < -0.39 is 0 Å². The van der Waals surface area contributed by atoms with Gasteiger partial charge in [-0.1, -0.05) is 196 Å². The summed E-state index contributed by atoms with van der Waals surface area (Å²) in [5, 5.41) is 4.63. The summed E-state index contributed by atoms with van der Waals surface area (Å²) in [4.78, 5) is 0. The molecule has 0 unspecified atom stereocenters. The van der Waals surface area contributed by atoms with E-state index in [4.69, 9.17) is 6.58 Å². The fourth-order valence-electron chi connectivity index (χ4n) is 6.09. The topological polar surface area (TPSA) is 0 Å². The standard InChI is InChI=1S/C48H42/c1-6-10-11-18-29-44(38-24-14-12-15-25-38)45-30-20-19-28-40(45)35-37(8-3)41(9-4)42(23-7-2)36(5)43-33-34-46(39-26-16-13-17-27-39)48-32-22-21-31-47(43)48/h6-35H,1,4-5H2,2-3H3/b11-10+,23-7-,29-18-,37-8+,40-35+,42-41-,45-44+. The third kappa shape index (κ3) is 7.52. The summed E-state index contributed by atoms with van der Waals surface area (Å²) >= 11 is 0. The van der Waals surface area contributed by atoms with E-state index in [9.17, 15) is 0 Å². The van der Waals surface area contributed by atoms with Gasteiger partial charge in [0.05, 0.1) is 0 Å². The van der Waals surface area contributed by atoms with E-state index in [1.807, 2.05) is 31.2 Å². The van der Waals surface area contributed by atoms with Crippen LogP contribution in [0.4, 0.5) is 0 Å². The van der Waals surface area contributed by atoms with E-state index in [1.54, 1.807) is 6.08 Å². The second-order valence-electron chi connectivity index (χ2n) is 11.3. The van der Waals surface area contributed by atoms with Gasteiger partial charge in [-0.25, -0.2) is 0 Å². The monoisotopic (exact) mass is 618 g/mol. The summed E-state index contributed by atoms with van der Waals surface area (Å²) in [6.45, 7) is 16.9. The Kier molecular flexibility index (Phi) is 11.5. The summed E-state index contributed by atoms with van der Waals surface area (Å²) in [5.41, 5.74) is 9.88. The highest BCUT2D eigenvalue weighted by Crippen LogP contribution is 2.37. The smallest absolute Gasteiger partial charge is 0.00992 e. The molecule has 0 aliphatic carbocycles. The van der Waals surface area contributed by atoms with Gasteiger partial charge in [0.15, 0.2) is 0 Å². The van der Waals surface area contributed by atoms with Crippen LogP contribution >= 0.6 is 0 Å². The summed E-state index contributed by atoms with van der Waals surface area (Å²) in [6, 6.07) is 42.7. The maximum Gasteiger partial charge on any atom is -0.00992 e. The Morgan fingerprint density at radius 2 is 1.27 bits per heavy atom. The molecule has 0 fully saturated rings. The van der Waals surface area contributed by atoms with Gasteiger partial charge in [-0.2, -0.15) is 0 Å². The van der Waals surface area contributed by atoms with Crippen LogP contribution in [0.1, 0.15) is 25.0 Å². The highest BCUT2D eigenvalue weighted by molar-refractivity contribution is 6.05. The van der Waals surface area contributed by atoms with Crippen molar-refractivity contribution in [1.82, 2.24) is 0 Å². The first-order valence-electron chi connectivity index (χ1n) is 16.4. The molecule has 0 aliphatic heterocycles. The van der Waals surface area contributed by atoms with Gasteiger partial charge in [0.25, 0.3) is 0 Å². The lowest BCUT2D eigenvalue weighted by Crippen LogP contribution is -2.27. The van der Waals surface area contributed by atoms with Crippen molar-refractivity contribution in [3.63, 3.8) is 0 Å². The Bertz CT molecular complexity index is 2210. The third-order valence-electron chi connectivity index (χ3n) is 8.38. The van der Waals surface area contributed by atoms with Crippen molar-refractivity contribution in [3.8, 4) is 11.1 Å². The first-order valence-corrected chi connectivity index (χ1v) is 16.4. The first kappa shape index (κ1) is 33.4. The molecule has 5 aromatic carbocycles. The first-order chi connectivity index (χ1) is 23.6. The maximum absolute atomic E-state index is 4.70. The maximum atomic E-state index is 4.70. The number of rotatable bonds is 11. The number of allylic oxidation sites excluding steroid dienone is 13. The van der Waals surface area contributed by atoms with E-state index >= 15 is 0 Å². The van der Waals surface area contributed by atoms with Crippen molar-refractivity contribution in [3.05, 3.63) is 234 Å². The lowest BCUT2D eigenvalue weighted by molar-refractivity contribution is 1.44. The van der Waals surface area contributed by atoms with Crippen LogP contribution in [0.5, 0.6) is 0 Å². The average Bonchev–Trinajstić information content (AvgIpc) is 3.14. The van der Waals surface area contributed by atoms with Gasteiger partial charge >= 0.3 is 0 Å². The minimum Gasteiger partial charge on any atom is -0.0991 e. The molecule has 5 aromatic rings. The van der Waals surface area contributed by atoms with Gasteiger partial charge in [-0.3, -0.25) is 0 Å². The molecule has 5 rings (SSSR count). The largest absolute Gasteiger partial charge is 0.0991 e. The van der Waals surface area contributed by atoms with Crippen molar-refractivity contribution >= 4 is 28.0 Å². The third-order valence-corrected chi connectivity index (χ3v) is 8.38. The van der Waals surface area contributed by atoms with E-state index in [-0.39, 0.29) is 0 Å². The van der Waals surface area contributed by atoms with Crippen molar-refractivity contribution in [2.75, 3.05) is 0 Å². The molecule has 0 bridgehead atoms. The van der Waals surface area contributed by atoms with Crippen LogP contribution in [-0.2, 0) is 0 Å². The van der Waals surface area contributed by atoms with Gasteiger partial charge in [0.1, 0.15) is 0 Å².